The molecule has 0 amide bonds. The number of likely N-dealkylation sites (tertiary alicyclic amines) is 1. The summed E-state index contributed by atoms with van der Waals surface area (Å²) in [5, 5.41) is 2.80. The zero-order valence-corrected chi connectivity index (χ0v) is 12.6. The van der Waals surface area contributed by atoms with Crippen molar-refractivity contribution in [3.05, 3.63) is 18.3 Å². The Morgan fingerprint density at radius 1 is 1.35 bits per heavy atom. The normalized spacial score (nSPS) is 16.4. The molecule has 0 radical (unpaired) electrons. The van der Waals surface area contributed by atoms with Crippen molar-refractivity contribution >= 4 is 15.8 Å². The van der Waals surface area contributed by atoms with E-state index in [0.29, 0.717) is 12.4 Å². The fraction of sp³-hybridized carbons (Fsp3) is 0.615. The summed E-state index contributed by atoms with van der Waals surface area (Å²) in [5.74, 6) is 0.375. The van der Waals surface area contributed by atoms with Crippen molar-refractivity contribution in [2.24, 2.45) is 0 Å². The highest BCUT2D eigenvalue weighted by Crippen LogP contribution is 2.16. The Balaban J connectivity index is 1.87. The zero-order chi connectivity index (χ0) is 14.4. The van der Waals surface area contributed by atoms with Crippen LogP contribution in [0.25, 0.3) is 0 Å². The summed E-state index contributed by atoms with van der Waals surface area (Å²) in [6.45, 7) is 3.68. The van der Waals surface area contributed by atoms with E-state index in [4.69, 9.17) is 0 Å². The van der Waals surface area contributed by atoms with E-state index in [1.165, 1.54) is 12.8 Å². The summed E-state index contributed by atoms with van der Waals surface area (Å²) >= 11 is 0. The SMILES string of the molecule is CNc1ncccc1S(=O)(=O)NCCCN1CCCC1. The molecule has 1 fully saturated rings. The molecule has 0 atom stereocenters. The lowest BCUT2D eigenvalue weighted by Gasteiger charge is -2.14. The van der Waals surface area contributed by atoms with Crippen LogP contribution in [0.4, 0.5) is 5.82 Å². The van der Waals surface area contributed by atoms with Gasteiger partial charge in [-0.15, -0.1) is 0 Å². The van der Waals surface area contributed by atoms with Crippen LogP contribution in [0.5, 0.6) is 0 Å². The summed E-state index contributed by atoms with van der Waals surface area (Å²) in [6, 6.07) is 3.18. The smallest absolute Gasteiger partial charge is 0.244 e. The molecule has 20 heavy (non-hydrogen) atoms. The molecule has 1 aliphatic heterocycles. The van der Waals surface area contributed by atoms with Crippen LogP contribution >= 0.6 is 0 Å². The fourth-order valence-corrected chi connectivity index (χ4v) is 3.62. The minimum absolute atomic E-state index is 0.198. The van der Waals surface area contributed by atoms with E-state index in [-0.39, 0.29) is 4.90 Å². The minimum atomic E-state index is -3.49. The first-order valence-corrected chi connectivity index (χ1v) is 8.46. The Hall–Kier alpha value is -1.18. The molecule has 0 spiro atoms. The monoisotopic (exact) mass is 298 g/mol. The highest BCUT2D eigenvalue weighted by atomic mass is 32.2. The lowest BCUT2D eigenvalue weighted by Crippen LogP contribution is -2.29. The second kappa shape index (κ2) is 7.01. The Morgan fingerprint density at radius 2 is 2.10 bits per heavy atom. The third-order valence-corrected chi connectivity index (χ3v) is 4.93. The van der Waals surface area contributed by atoms with Crippen molar-refractivity contribution in [3.8, 4) is 0 Å². The molecule has 112 valence electrons. The van der Waals surface area contributed by atoms with Crippen LogP contribution in [0, 0.1) is 0 Å². The van der Waals surface area contributed by atoms with Gasteiger partial charge in [-0.1, -0.05) is 0 Å². The van der Waals surface area contributed by atoms with Gasteiger partial charge in [0, 0.05) is 19.8 Å². The Bertz CT molecular complexity index is 527. The van der Waals surface area contributed by atoms with E-state index >= 15 is 0 Å². The summed E-state index contributed by atoms with van der Waals surface area (Å²) in [5.41, 5.74) is 0. The van der Waals surface area contributed by atoms with E-state index < -0.39 is 10.0 Å². The summed E-state index contributed by atoms with van der Waals surface area (Å²) in [6.07, 6.45) is 4.91. The maximum Gasteiger partial charge on any atom is 0.244 e. The average Bonchev–Trinajstić information content (AvgIpc) is 2.97. The van der Waals surface area contributed by atoms with Gasteiger partial charge in [0.1, 0.15) is 10.7 Å². The van der Waals surface area contributed by atoms with Crippen LogP contribution in [0.15, 0.2) is 23.2 Å². The van der Waals surface area contributed by atoms with Crippen LogP contribution in [-0.4, -0.2) is 51.5 Å². The van der Waals surface area contributed by atoms with Gasteiger partial charge in [0.25, 0.3) is 0 Å². The predicted octanol–water partition coefficient (Wildman–Crippen LogP) is 0.887. The molecule has 1 saturated heterocycles. The molecule has 2 heterocycles. The van der Waals surface area contributed by atoms with Crippen LogP contribution in [0.3, 0.4) is 0 Å². The summed E-state index contributed by atoms with van der Waals surface area (Å²) in [4.78, 5) is 6.59. The molecule has 2 rings (SSSR count). The van der Waals surface area contributed by atoms with Crippen molar-refractivity contribution in [3.63, 3.8) is 0 Å². The van der Waals surface area contributed by atoms with Crippen molar-refractivity contribution < 1.29 is 8.42 Å². The van der Waals surface area contributed by atoms with Gasteiger partial charge in [-0.2, -0.15) is 0 Å². The second-order valence-corrected chi connectivity index (χ2v) is 6.64. The van der Waals surface area contributed by atoms with Gasteiger partial charge in [-0.05, 0) is 51.0 Å². The van der Waals surface area contributed by atoms with Crippen LogP contribution < -0.4 is 10.0 Å². The highest BCUT2D eigenvalue weighted by molar-refractivity contribution is 7.89. The Labute approximate surface area is 120 Å². The summed E-state index contributed by atoms with van der Waals surface area (Å²) in [7, 11) is -1.83. The maximum atomic E-state index is 12.2. The molecule has 0 saturated carbocycles. The summed E-state index contributed by atoms with van der Waals surface area (Å²) < 4.78 is 27.0. The van der Waals surface area contributed by atoms with Crippen LogP contribution in [0.2, 0.25) is 0 Å². The lowest BCUT2D eigenvalue weighted by atomic mass is 10.4. The van der Waals surface area contributed by atoms with Gasteiger partial charge < -0.3 is 10.2 Å². The van der Waals surface area contributed by atoms with Crippen LogP contribution in [-0.2, 0) is 10.0 Å². The molecule has 6 nitrogen and oxygen atoms in total. The van der Waals surface area contributed by atoms with Gasteiger partial charge >= 0.3 is 0 Å². The molecular formula is C13H22N4O2S. The molecule has 1 aromatic rings. The van der Waals surface area contributed by atoms with Gasteiger partial charge in [-0.25, -0.2) is 18.1 Å². The topological polar surface area (TPSA) is 74.3 Å². The molecular weight excluding hydrogens is 276 g/mol. The first-order valence-electron chi connectivity index (χ1n) is 6.98. The van der Waals surface area contributed by atoms with E-state index in [2.05, 4.69) is 19.9 Å². The van der Waals surface area contributed by atoms with Gasteiger partial charge in [-0.3, -0.25) is 0 Å². The third-order valence-electron chi connectivity index (χ3n) is 3.44. The number of aromatic nitrogens is 1. The lowest BCUT2D eigenvalue weighted by molar-refractivity contribution is 0.334. The van der Waals surface area contributed by atoms with E-state index in [9.17, 15) is 8.42 Å². The number of sulfonamides is 1. The second-order valence-electron chi connectivity index (χ2n) is 4.90. The van der Waals surface area contributed by atoms with Crippen molar-refractivity contribution in [1.29, 1.82) is 0 Å². The van der Waals surface area contributed by atoms with E-state index in [1.807, 2.05) is 0 Å². The standard InChI is InChI=1S/C13H22N4O2S/c1-14-13-12(6-4-7-15-13)20(18,19)16-8-5-11-17-9-2-3-10-17/h4,6-7,16H,2-3,5,8-11H2,1H3,(H,14,15). The number of nitrogens with zero attached hydrogens (tertiary/aromatic N) is 2. The number of rotatable bonds is 7. The molecule has 2 N–H and O–H groups in total. The van der Waals surface area contributed by atoms with Gasteiger partial charge in [0.2, 0.25) is 10.0 Å². The minimum Gasteiger partial charge on any atom is -0.372 e. The highest BCUT2D eigenvalue weighted by Gasteiger charge is 2.18. The zero-order valence-electron chi connectivity index (χ0n) is 11.8. The van der Waals surface area contributed by atoms with Crippen molar-refractivity contribution in [2.75, 3.05) is 38.5 Å². The quantitative estimate of drug-likeness (QED) is 0.731. The molecule has 1 aliphatic rings. The van der Waals surface area contributed by atoms with E-state index in [0.717, 1.165) is 26.1 Å². The maximum absolute atomic E-state index is 12.2. The first-order chi connectivity index (χ1) is 9.63. The van der Waals surface area contributed by atoms with E-state index in [1.54, 1.807) is 25.4 Å². The van der Waals surface area contributed by atoms with Crippen molar-refractivity contribution in [2.45, 2.75) is 24.2 Å². The number of hydrogen-bond acceptors (Lipinski definition) is 5. The first kappa shape index (κ1) is 15.2. The number of pyridine rings is 1. The number of hydrogen-bond donors (Lipinski definition) is 2. The predicted molar refractivity (Wildman–Crippen MR) is 79.3 cm³/mol. The number of nitrogens with one attached hydrogen (secondary N) is 2. The van der Waals surface area contributed by atoms with Crippen molar-refractivity contribution in [1.82, 2.24) is 14.6 Å². The van der Waals surface area contributed by atoms with Gasteiger partial charge in [0.15, 0.2) is 0 Å². The Morgan fingerprint density at radius 3 is 2.80 bits per heavy atom. The molecule has 0 aromatic carbocycles. The van der Waals surface area contributed by atoms with Crippen LogP contribution in [0.1, 0.15) is 19.3 Å². The molecule has 1 aromatic heterocycles. The fourth-order valence-electron chi connectivity index (χ4n) is 2.39. The average molecular weight is 298 g/mol. The molecule has 7 heteroatoms. The molecule has 0 bridgehead atoms. The largest absolute Gasteiger partial charge is 0.372 e. The molecule has 0 unspecified atom stereocenters. The third kappa shape index (κ3) is 3.91. The Kier molecular flexibility index (Phi) is 5.33. The van der Waals surface area contributed by atoms with Gasteiger partial charge in [0.05, 0.1) is 0 Å². The number of anilines is 1. The molecule has 0 aliphatic carbocycles.